The lowest BCUT2D eigenvalue weighted by atomic mass is 10.0. The smallest absolute Gasteiger partial charge is 0.408 e. The third-order valence-corrected chi connectivity index (χ3v) is 14.9. The number of rotatable bonds is 9. The summed E-state index contributed by atoms with van der Waals surface area (Å²) in [5, 5.41) is 6.95. The molecule has 2 aliphatic carbocycles. The normalized spacial score (nSPS) is 32.5. The van der Waals surface area contributed by atoms with Crippen molar-refractivity contribution < 1.29 is 51.3 Å². The molecule has 60 heavy (non-hydrogen) atoms. The maximum Gasteiger partial charge on any atom is 0.408 e. The van der Waals surface area contributed by atoms with E-state index in [9.17, 15) is 27.6 Å². The van der Waals surface area contributed by atoms with Gasteiger partial charge in [0.15, 0.2) is 6.10 Å². The molecule has 0 spiro atoms. The van der Waals surface area contributed by atoms with Crippen LogP contribution >= 0.6 is 11.3 Å². The first-order valence-corrected chi connectivity index (χ1v) is 23.0. The van der Waals surface area contributed by atoms with Gasteiger partial charge in [-0.3, -0.25) is 19.1 Å². The van der Waals surface area contributed by atoms with Gasteiger partial charge in [0.05, 0.1) is 40.9 Å². The van der Waals surface area contributed by atoms with Gasteiger partial charge >= 0.3 is 6.09 Å². The molecule has 2 saturated carbocycles. The highest BCUT2D eigenvalue weighted by Gasteiger charge is 2.62. The first-order chi connectivity index (χ1) is 29.0. The lowest BCUT2D eigenvalue weighted by Crippen LogP contribution is -2.58. The lowest BCUT2D eigenvalue weighted by Gasteiger charge is -2.30. The Bertz CT molecular complexity index is 2270. The highest BCUT2D eigenvalue weighted by Crippen LogP contribution is 2.46. The summed E-state index contributed by atoms with van der Waals surface area (Å²) in [5.41, 5.74) is 0.235. The first-order valence-electron chi connectivity index (χ1n) is 20.6. The second-order valence-electron chi connectivity index (χ2n) is 16.3. The zero-order valence-corrected chi connectivity index (χ0v) is 34.7. The maximum absolute atomic E-state index is 14.8. The van der Waals surface area contributed by atoms with Crippen molar-refractivity contribution >= 4 is 56.2 Å². The third-order valence-electron chi connectivity index (χ3n) is 12.2. The van der Waals surface area contributed by atoms with Gasteiger partial charge in [-0.25, -0.2) is 23.2 Å². The Hall–Kier alpha value is -4.69. The molecule has 9 atom stereocenters. The Morgan fingerprint density at radius 3 is 2.50 bits per heavy atom. The number of methoxy groups -OCH3 is 1. The number of alkyl carbamates (subject to hydrolysis) is 1. The predicted molar refractivity (Wildman–Crippen MR) is 216 cm³/mol. The number of carbonyl (C=O) groups is 4. The van der Waals surface area contributed by atoms with Gasteiger partial charge in [0.25, 0.3) is 5.91 Å². The molecule has 9 rings (SSSR count). The fourth-order valence-electron chi connectivity index (χ4n) is 8.69. The number of para-hydroxylation sites is 2. The van der Waals surface area contributed by atoms with E-state index in [2.05, 4.69) is 15.4 Å². The van der Waals surface area contributed by atoms with E-state index in [4.69, 9.17) is 33.7 Å². The van der Waals surface area contributed by atoms with E-state index in [-0.39, 0.29) is 50.5 Å². The number of benzene rings is 1. The van der Waals surface area contributed by atoms with Crippen molar-refractivity contribution in [2.75, 3.05) is 26.9 Å². The van der Waals surface area contributed by atoms with Gasteiger partial charge in [-0.1, -0.05) is 43.2 Å². The number of thiophene rings is 1. The third kappa shape index (κ3) is 8.21. The molecule has 3 saturated heterocycles. The van der Waals surface area contributed by atoms with Crippen LogP contribution in [-0.4, -0.2) is 127 Å². The number of carbonyl (C=O) groups excluding carboxylic acids is 4. The topological polar surface area (TPSA) is 214 Å². The largest absolute Gasteiger partial charge is 0.471 e. The van der Waals surface area contributed by atoms with E-state index in [1.165, 1.54) is 16.2 Å². The number of ether oxygens (including phenoxy) is 5. The number of hydrogen-bond donors (Lipinski definition) is 3. The van der Waals surface area contributed by atoms with Gasteiger partial charge in [-0.2, -0.15) is 0 Å². The van der Waals surface area contributed by atoms with Crippen molar-refractivity contribution in [1.82, 2.24) is 30.2 Å². The number of sulfonamides is 1. The molecule has 4 amide bonds. The summed E-state index contributed by atoms with van der Waals surface area (Å²) in [6.07, 6.45) is 4.40. The Kier molecular flexibility index (Phi) is 11.3. The van der Waals surface area contributed by atoms with Crippen molar-refractivity contribution in [3.63, 3.8) is 0 Å². The van der Waals surface area contributed by atoms with Crippen LogP contribution in [-0.2, 0) is 43.4 Å². The van der Waals surface area contributed by atoms with Crippen LogP contribution in [0.5, 0.6) is 5.88 Å². The summed E-state index contributed by atoms with van der Waals surface area (Å²) in [5.74, 6) is -2.21. The van der Waals surface area contributed by atoms with Gasteiger partial charge in [-0.05, 0) is 62.1 Å². The van der Waals surface area contributed by atoms with E-state index in [0.717, 1.165) is 17.7 Å². The Labute approximate surface area is 350 Å². The maximum atomic E-state index is 14.8. The quantitative estimate of drug-likeness (QED) is 0.265. The van der Waals surface area contributed by atoms with Crippen LogP contribution in [0, 0.1) is 5.92 Å². The summed E-state index contributed by atoms with van der Waals surface area (Å²) in [4.78, 5) is 68.7. The van der Waals surface area contributed by atoms with Crippen LogP contribution in [0.1, 0.15) is 57.8 Å². The molecule has 6 heterocycles. The van der Waals surface area contributed by atoms with Crippen molar-refractivity contribution in [2.24, 2.45) is 5.92 Å². The molecule has 4 aliphatic heterocycles. The van der Waals surface area contributed by atoms with E-state index >= 15 is 0 Å². The summed E-state index contributed by atoms with van der Waals surface area (Å²) < 4.78 is 57.6. The zero-order valence-electron chi connectivity index (χ0n) is 33.0. The van der Waals surface area contributed by atoms with Gasteiger partial charge in [0.1, 0.15) is 47.7 Å². The molecule has 0 radical (unpaired) electrons. The van der Waals surface area contributed by atoms with Crippen LogP contribution < -0.4 is 20.1 Å². The van der Waals surface area contributed by atoms with Crippen LogP contribution in [0.4, 0.5) is 4.79 Å². The summed E-state index contributed by atoms with van der Waals surface area (Å²) in [6, 6.07) is 8.94. The minimum atomic E-state index is -3.92. The van der Waals surface area contributed by atoms with Crippen LogP contribution in [0.25, 0.3) is 21.6 Å². The number of amides is 4. The highest BCUT2D eigenvalue weighted by molar-refractivity contribution is 7.91. The van der Waals surface area contributed by atoms with E-state index in [1.807, 2.05) is 53.9 Å². The van der Waals surface area contributed by atoms with Gasteiger partial charge in [-0.15, -0.1) is 11.3 Å². The number of allylic oxidation sites excluding steroid dienone is 1. The molecule has 5 fully saturated rings. The molecule has 0 bridgehead atoms. The number of hydrogen-bond acceptors (Lipinski definition) is 14. The predicted octanol–water partition coefficient (Wildman–Crippen LogP) is 2.99. The van der Waals surface area contributed by atoms with Crippen LogP contribution in [0.2, 0.25) is 0 Å². The summed E-state index contributed by atoms with van der Waals surface area (Å²) in [6.45, 7) is 0.337. The molecule has 6 aliphatic rings. The molecule has 2 aromatic heterocycles. The SMILES string of the molecule is COC1COC2C(OC(=O)N[C@H]3CCCCC/C=C\[C@@H]4C[C@@]4(C(=O)NS(=O)(=O)C4CC4)NC(=O)[C@@H]4C[C@@H](Oc5nc6ccccc6nc5-c5cccs5)CN4C3=O)COC12. The molecular weight excluding hydrogens is 817 g/mol. The number of fused-ring (bicyclic) bond motifs is 4. The van der Waals surface area contributed by atoms with E-state index < -0.39 is 80.9 Å². The average Bonchev–Trinajstić information content (AvgIpc) is 3.90. The summed E-state index contributed by atoms with van der Waals surface area (Å²) >= 11 is 1.46. The average molecular weight is 865 g/mol. The monoisotopic (exact) mass is 864 g/mol. The zero-order chi connectivity index (χ0) is 41.6. The van der Waals surface area contributed by atoms with Crippen LogP contribution in [0.15, 0.2) is 53.9 Å². The first kappa shape index (κ1) is 40.7. The molecular formula is C41H48N6O11S2. The fraction of sp³-hybridized carbons (Fsp3) is 0.561. The standard InChI is InChI=1S/C41H48N6O11S2/c1-54-30-21-55-35-31(22-56-34(30)35)58-40(51)44-28-13-6-4-2-3-5-10-23-19-41(23,39(50)46-60(52,53)25-15-16-25)45-36(48)29-18-24(20-47(29)38(28)49)57-37-33(32-14-9-17-59-32)42-26-11-7-8-12-27(26)43-37/h5,7-12,14,17,23-25,28-31,34-35H,2-4,6,13,15-16,18-22H2,1H3,(H,44,51)(H,45,48)(H,46,50)/b10-5-/t23-,24-,28+,29+,30?,31?,34?,35?,41-/m1/s1. The van der Waals surface area contributed by atoms with Crippen molar-refractivity contribution in [1.29, 1.82) is 0 Å². The number of nitrogens with one attached hydrogen (secondary N) is 3. The number of nitrogens with zero attached hydrogens (tertiary/aromatic N) is 3. The van der Waals surface area contributed by atoms with Gasteiger partial charge < -0.3 is 39.2 Å². The molecule has 3 aromatic rings. The van der Waals surface area contributed by atoms with Crippen molar-refractivity contribution in [3.05, 3.63) is 53.9 Å². The second kappa shape index (κ2) is 16.6. The molecule has 4 unspecified atom stereocenters. The highest BCUT2D eigenvalue weighted by atomic mass is 32.2. The molecule has 19 heteroatoms. The molecule has 320 valence electrons. The summed E-state index contributed by atoms with van der Waals surface area (Å²) in [7, 11) is -2.36. The Morgan fingerprint density at radius 2 is 1.75 bits per heavy atom. The van der Waals surface area contributed by atoms with Crippen LogP contribution in [0.3, 0.4) is 0 Å². The van der Waals surface area contributed by atoms with Gasteiger partial charge in [0.2, 0.25) is 27.7 Å². The minimum absolute atomic E-state index is 0.00614. The fourth-order valence-corrected chi connectivity index (χ4v) is 10.8. The van der Waals surface area contributed by atoms with E-state index in [1.54, 1.807) is 7.11 Å². The lowest BCUT2D eigenvalue weighted by molar-refractivity contribution is -0.141. The molecule has 1 aromatic carbocycles. The van der Waals surface area contributed by atoms with Crippen molar-refractivity contribution in [3.8, 4) is 16.5 Å². The van der Waals surface area contributed by atoms with Crippen molar-refractivity contribution in [2.45, 2.75) is 111 Å². The number of aromatic nitrogens is 2. The Balaban J connectivity index is 1.00. The van der Waals surface area contributed by atoms with E-state index in [0.29, 0.717) is 49.0 Å². The molecule has 17 nitrogen and oxygen atoms in total. The Morgan fingerprint density at radius 1 is 0.983 bits per heavy atom. The van der Waals surface area contributed by atoms with Gasteiger partial charge in [0, 0.05) is 19.4 Å². The molecule has 3 N–H and O–H groups in total. The second-order valence-corrected chi connectivity index (χ2v) is 19.3. The minimum Gasteiger partial charge on any atom is -0.471 e.